The molecule has 2 saturated carbocycles. The molecule has 0 radical (unpaired) electrons. The van der Waals surface area contributed by atoms with Crippen molar-refractivity contribution in [2.45, 2.75) is 66.2 Å². The van der Waals surface area contributed by atoms with Crippen LogP contribution < -0.4 is 0 Å². The molecule has 3 rings (SSSR count). The Balaban J connectivity index is 2.02. The molecule has 3 aliphatic rings. The second-order valence-corrected chi connectivity index (χ2v) is 8.45. The third-order valence-corrected chi connectivity index (χ3v) is 7.16. The van der Waals surface area contributed by atoms with Crippen molar-refractivity contribution in [2.24, 2.45) is 34.5 Å². The van der Waals surface area contributed by atoms with Crippen molar-refractivity contribution >= 4 is 6.29 Å². The van der Waals surface area contributed by atoms with Gasteiger partial charge < -0.3 is 4.79 Å². The van der Waals surface area contributed by atoms with Crippen LogP contribution in [0.25, 0.3) is 0 Å². The molecule has 5 atom stereocenters. The molecule has 0 heterocycles. The molecule has 0 saturated heterocycles. The lowest BCUT2D eigenvalue weighted by Gasteiger charge is -2.50. The number of hydrogen-bond donors (Lipinski definition) is 0. The maximum atomic E-state index is 12.3. The number of fused-ring (bicyclic) bond motifs is 2. The van der Waals surface area contributed by atoms with Gasteiger partial charge in [-0.15, -0.1) is 0 Å². The molecular weight excluding hydrogens is 244 g/mol. The van der Waals surface area contributed by atoms with E-state index in [0.29, 0.717) is 17.3 Å². The molecule has 20 heavy (non-hydrogen) atoms. The molecule has 0 spiro atoms. The Labute approximate surface area is 124 Å². The molecule has 1 heteroatoms. The van der Waals surface area contributed by atoms with Gasteiger partial charge in [0.1, 0.15) is 6.29 Å². The van der Waals surface area contributed by atoms with Crippen LogP contribution in [-0.4, -0.2) is 6.29 Å². The lowest BCUT2D eigenvalue weighted by molar-refractivity contribution is -0.129. The van der Waals surface area contributed by atoms with Gasteiger partial charge in [0.05, 0.1) is 0 Å². The summed E-state index contributed by atoms with van der Waals surface area (Å²) in [6.45, 7) is 9.43. The quantitative estimate of drug-likeness (QED) is 0.511. The van der Waals surface area contributed by atoms with Crippen molar-refractivity contribution in [2.75, 3.05) is 0 Å². The zero-order chi connectivity index (χ0) is 14.5. The summed E-state index contributed by atoms with van der Waals surface area (Å²) in [6, 6.07) is 0. The average molecular weight is 274 g/mol. The first-order valence-corrected chi connectivity index (χ1v) is 8.55. The van der Waals surface area contributed by atoms with Crippen LogP contribution in [0.4, 0.5) is 0 Å². The molecule has 112 valence electrons. The number of carbonyl (C=O) groups excluding carboxylic acids is 1. The van der Waals surface area contributed by atoms with Crippen LogP contribution in [0.3, 0.4) is 0 Å². The fourth-order valence-electron chi connectivity index (χ4n) is 6.23. The van der Waals surface area contributed by atoms with E-state index in [1.165, 1.54) is 44.0 Å². The smallest absolute Gasteiger partial charge is 0.127 e. The first-order chi connectivity index (χ1) is 9.41. The molecule has 0 amide bonds. The van der Waals surface area contributed by atoms with Crippen molar-refractivity contribution in [1.29, 1.82) is 0 Å². The van der Waals surface area contributed by atoms with Crippen molar-refractivity contribution in [3.05, 3.63) is 11.6 Å². The average Bonchev–Trinajstić information content (AvgIpc) is 2.90. The van der Waals surface area contributed by atoms with Gasteiger partial charge in [0.15, 0.2) is 0 Å². The molecule has 5 unspecified atom stereocenters. The maximum Gasteiger partial charge on any atom is 0.127 e. The third kappa shape index (κ3) is 1.84. The number of rotatable bonds is 2. The van der Waals surface area contributed by atoms with E-state index in [1.807, 2.05) is 0 Å². The molecule has 1 nitrogen and oxygen atoms in total. The van der Waals surface area contributed by atoms with Crippen LogP contribution >= 0.6 is 0 Å². The van der Waals surface area contributed by atoms with Crippen molar-refractivity contribution in [3.8, 4) is 0 Å². The molecule has 2 bridgehead atoms. The fourth-order valence-corrected chi connectivity index (χ4v) is 6.23. The molecule has 0 aromatic carbocycles. The van der Waals surface area contributed by atoms with Crippen LogP contribution in [0.2, 0.25) is 0 Å². The van der Waals surface area contributed by atoms with E-state index < -0.39 is 0 Å². The van der Waals surface area contributed by atoms with E-state index >= 15 is 0 Å². The van der Waals surface area contributed by atoms with Crippen LogP contribution in [0.15, 0.2) is 11.6 Å². The van der Waals surface area contributed by atoms with E-state index in [1.54, 1.807) is 0 Å². The lowest BCUT2D eigenvalue weighted by atomic mass is 9.53. The summed E-state index contributed by atoms with van der Waals surface area (Å²) in [5.74, 6) is 2.67. The first-order valence-electron chi connectivity index (χ1n) is 8.55. The fraction of sp³-hybridized carbons (Fsp3) is 0.842. The largest absolute Gasteiger partial charge is 0.303 e. The van der Waals surface area contributed by atoms with Gasteiger partial charge in [-0.05, 0) is 74.5 Å². The predicted molar refractivity (Wildman–Crippen MR) is 83.4 cm³/mol. The zero-order valence-electron chi connectivity index (χ0n) is 13.6. The summed E-state index contributed by atoms with van der Waals surface area (Å²) in [6.07, 6.45) is 11.4. The molecule has 0 N–H and O–H groups in total. The van der Waals surface area contributed by atoms with Crippen molar-refractivity contribution < 1.29 is 4.79 Å². The third-order valence-electron chi connectivity index (χ3n) is 7.16. The molecule has 0 aliphatic heterocycles. The van der Waals surface area contributed by atoms with E-state index in [0.717, 1.165) is 18.3 Å². The summed E-state index contributed by atoms with van der Waals surface area (Å²) in [4.78, 5) is 12.3. The maximum absolute atomic E-state index is 12.3. The highest BCUT2D eigenvalue weighted by Gasteiger charge is 2.61. The number of allylic oxidation sites excluding steroid dienone is 2. The minimum Gasteiger partial charge on any atom is -0.303 e. The van der Waals surface area contributed by atoms with Crippen molar-refractivity contribution in [1.82, 2.24) is 0 Å². The Morgan fingerprint density at radius 1 is 1.30 bits per heavy atom. The van der Waals surface area contributed by atoms with Gasteiger partial charge in [0.25, 0.3) is 0 Å². The predicted octanol–water partition coefficient (Wildman–Crippen LogP) is 5.01. The Morgan fingerprint density at radius 3 is 2.65 bits per heavy atom. The van der Waals surface area contributed by atoms with Gasteiger partial charge in [-0.25, -0.2) is 0 Å². The van der Waals surface area contributed by atoms with Crippen LogP contribution in [0.1, 0.15) is 66.2 Å². The Kier molecular flexibility index (Phi) is 3.38. The Bertz CT molecular complexity index is 433. The SMILES string of the molecule is CC1=CC(C)C(C=O)(C2C3CCC(C3)C2(C)C)CCC1. The van der Waals surface area contributed by atoms with Gasteiger partial charge >= 0.3 is 0 Å². The minimum absolute atomic E-state index is 0.0961. The van der Waals surface area contributed by atoms with Crippen LogP contribution in [-0.2, 0) is 4.79 Å². The van der Waals surface area contributed by atoms with Crippen LogP contribution in [0, 0.1) is 34.5 Å². The van der Waals surface area contributed by atoms with Gasteiger partial charge in [0, 0.05) is 5.41 Å². The minimum atomic E-state index is -0.0961. The van der Waals surface area contributed by atoms with Crippen molar-refractivity contribution in [3.63, 3.8) is 0 Å². The highest BCUT2D eigenvalue weighted by molar-refractivity contribution is 5.62. The highest BCUT2D eigenvalue weighted by Crippen LogP contribution is 2.66. The second-order valence-electron chi connectivity index (χ2n) is 8.45. The van der Waals surface area contributed by atoms with E-state index in [2.05, 4.69) is 33.8 Å². The zero-order valence-corrected chi connectivity index (χ0v) is 13.6. The lowest BCUT2D eigenvalue weighted by Crippen LogP contribution is -2.47. The van der Waals surface area contributed by atoms with Gasteiger partial charge in [0.2, 0.25) is 0 Å². The van der Waals surface area contributed by atoms with Gasteiger partial charge in [-0.2, -0.15) is 0 Å². The summed E-state index contributed by atoms with van der Waals surface area (Å²) in [5.41, 5.74) is 1.74. The molecular formula is C19H30O. The van der Waals surface area contributed by atoms with E-state index in [4.69, 9.17) is 0 Å². The number of carbonyl (C=O) groups is 1. The van der Waals surface area contributed by atoms with Gasteiger partial charge in [-0.1, -0.05) is 32.4 Å². The molecule has 2 fully saturated rings. The highest BCUT2D eigenvalue weighted by atomic mass is 16.1. The number of hydrogen-bond acceptors (Lipinski definition) is 1. The summed E-state index contributed by atoms with van der Waals surface area (Å²) >= 11 is 0. The summed E-state index contributed by atoms with van der Waals surface area (Å²) in [5, 5.41) is 0. The Hall–Kier alpha value is -0.590. The van der Waals surface area contributed by atoms with Crippen LogP contribution in [0.5, 0.6) is 0 Å². The van der Waals surface area contributed by atoms with E-state index in [9.17, 15) is 4.79 Å². The topological polar surface area (TPSA) is 17.1 Å². The monoisotopic (exact) mass is 274 g/mol. The van der Waals surface area contributed by atoms with E-state index in [-0.39, 0.29) is 5.41 Å². The van der Waals surface area contributed by atoms with Gasteiger partial charge in [-0.3, -0.25) is 0 Å². The normalized spacial score (nSPS) is 46.9. The Morgan fingerprint density at radius 2 is 2.05 bits per heavy atom. The standard InChI is InChI=1S/C19H30O/c1-13-6-5-9-19(12-20,14(2)10-13)17-15-7-8-16(11-15)18(17,3)4/h10,12,14-17H,5-9,11H2,1-4H3. The first kappa shape index (κ1) is 14.4. The summed E-state index contributed by atoms with van der Waals surface area (Å²) in [7, 11) is 0. The number of aldehydes is 1. The molecule has 0 aromatic rings. The second kappa shape index (κ2) is 4.71. The molecule has 3 aliphatic carbocycles. The summed E-state index contributed by atoms with van der Waals surface area (Å²) < 4.78 is 0. The molecule has 0 aromatic heterocycles.